The maximum atomic E-state index is 13.0. The Morgan fingerprint density at radius 3 is 2.32 bits per heavy atom. The molecular formula is C30H23N5O5S. The standard InChI is InChI=1S/C30H23N5O5S/c31-25-14-26(32)34-30(33-25)41-24-13-27(37)35(28(24)38)20-8-5-16(6-9-20)29(39)40-15-23(36)18-7-10-22-19(12-18)11-17-3-1-2-4-21(17)22/h1-10,12,14,24H,11,13,15H2,(H4,31,32,33,34). The molecule has 41 heavy (non-hydrogen) atoms. The number of anilines is 3. The van der Waals surface area contributed by atoms with Crippen LogP contribution >= 0.6 is 11.8 Å². The number of nitrogens with zero attached hydrogens (tertiary/aromatic N) is 3. The number of carbonyl (C=O) groups excluding carboxylic acids is 4. The Bertz CT molecular complexity index is 1720. The number of rotatable bonds is 7. The van der Waals surface area contributed by atoms with Crippen LogP contribution in [-0.4, -0.2) is 45.4 Å². The first-order chi connectivity index (χ1) is 19.8. The van der Waals surface area contributed by atoms with E-state index in [1.807, 2.05) is 24.3 Å². The normalized spacial score (nSPS) is 15.5. The summed E-state index contributed by atoms with van der Waals surface area (Å²) in [5.74, 6) is -1.52. The number of carbonyl (C=O) groups is 4. The number of aromatic nitrogens is 2. The molecule has 1 saturated heterocycles. The van der Waals surface area contributed by atoms with E-state index < -0.39 is 29.6 Å². The molecule has 10 nitrogen and oxygen atoms in total. The van der Waals surface area contributed by atoms with Gasteiger partial charge in [-0.2, -0.15) is 0 Å². The Morgan fingerprint density at radius 2 is 1.56 bits per heavy atom. The van der Waals surface area contributed by atoms with Crippen LogP contribution in [0.2, 0.25) is 0 Å². The molecule has 4 N–H and O–H groups in total. The maximum Gasteiger partial charge on any atom is 0.338 e. The molecule has 2 aliphatic rings. The first-order valence-corrected chi connectivity index (χ1v) is 13.6. The number of amides is 2. The van der Waals surface area contributed by atoms with Crippen LogP contribution < -0.4 is 16.4 Å². The van der Waals surface area contributed by atoms with Gasteiger partial charge in [0.2, 0.25) is 11.8 Å². The van der Waals surface area contributed by atoms with Crippen LogP contribution in [0.3, 0.4) is 0 Å². The van der Waals surface area contributed by atoms with Crippen molar-refractivity contribution in [2.75, 3.05) is 23.0 Å². The van der Waals surface area contributed by atoms with Crippen LogP contribution in [-0.2, 0) is 20.7 Å². The fourth-order valence-corrected chi connectivity index (χ4v) is 5.98. The highest BCUT2D eigenvalue weighted by Gasteiger charge is 2.40. The van der Waals surface area contributed by atoms with Gasteiger partial charge in [0.05, 0.1) is 11.3 Å². The summed E-state index contributed by atoms with van der Waals surface area (Å²) in [4.78, 5) is 60.2. The van der Waals surface area contributed by atoms with Gasteiger partial charge in [0.25, 0.3) is 0 Å². The van der Waals surface area contributed by atoms with E-state index >= 15 is 0 Å². The zero-order chi connectivity index (χ0) is 28.7. The minimum atomic E-state index is -0.743. The SMILES string of the molecule is Nc1cc(N)nc(SC2CC(=O)N(c3ccc(C(=O)OCC(=O)c4ccc5c(c4)Cc4ccccc4-5)cc3)C2=O)n1. The van der Waals surface area contributed by atoms with Crippen molar-refractivity contribution in [3.05, 3.63) is 95.1 Å². The average Bonchev–Trinajstić information content (AvgIpc) is 3.46. The molecule has 2 amide bonds. The Balaban J connectivity index is 1.07. The Morgan fingerprint density at radius 1 is 0.878 bits per heavy atom. The van der Waals surface area contributed by atoms with E-state index in [1.165, 1.54) is 41.5 Å². The van der Waals surface area contributed by atoms with Crippen LogP contribution in [0.5, 0.6) is 0 Å². The number of Topliss-reactive ketones (excluding diaryl/α,β-unsaturated/α-hetero) is 1. The summed E-state index contributed by atoms with van der Waals surface area (Å²) >= 11 is 1.01. The third kappa shape index (κ3) is 5.14. The van der Waals surface area contributed by atoms with E-state index in [1.54, 1.807) is 6.07 Å². The van der Waals surface area contributed by atoms with Gasteiger partial charge in [-0.05, 0) is 59.0 Å². The van der Waals surface area contributed by atoms with Gasteiger partial charge in [0.15, 0.2) is 17.5 Å². The zero-order valence-electron chi connectivity index (χ0n) is 21.6. The number of esters is 1. The number of hydrogen-bond acceptors (Lipinski definition) is 10. The smallest absolute Gasteiger partial charge is 0.338 e. The van der Waals surface area contributed by atoms with Crippen molar-refractivity contribution in [3.8, 4) is 11.1 Å². The predicted octanol–water partition coefficient (Wildman–Crippen LogP) is 3.68. The zero-order valence-corrected chi connectivity index (χ0v) is 22.4. The van der Waals surface area contributed by atoms with E-state index in [0.717, 1.165) is 34.2 Å². The number of thioether (sulfide) groups is 1. The molecule has 4 aromatic rings. The van der Waals surface area contributed by atoms with Crippen molar-refractivity contribution in [1.29, 1.82) is 0 Å². The van der Waals surface area contributed by atoms with Crippen molar-refractivity contribution in [3.63, 3.8) is 0 Å². The summed E-state index contributed by atoms with van der Waals surface area (Å²) in [7, 11) is 0. The summed E-state index contributed by atoms with van der Waals surface area (Å²) in [6.07, 6.45) is 0.700. The fraction of sp³-hybridized carbons (Fsp3) is 0.133. The van der Waals surface area contributed by atoms with Gasteiger partial charge < -0.3 is 16.2 Å². The highest BCUT2D eigenvalue weighted by Crippen LogP contribution is 2.37. The number of imide groups is 1. The number of ether oxygens (including phenoxy) is 1. The average molecular weight is 566 g/mol. The molecule has 1 fully saturated rings. The second kappa shape index (κ2) is 10.5. The number of nitrogen functional groups attached to an aromatic ring is 2. The van der Waals surface area contributed by atoms with Crippen LogP contribution in [0.15, 0.2) is 78.0 Å². The van der Waals surface area contributed by atoms with Crippen molar-refractivity contribution >= 4 is 52.7 Å². The minimum absolute atomic E-state index is 0.0533. The summed E-state index contributed by atoms with van der Waals surface area (Å²) in [6, 6.07) is 20.9. The molecule has 11 heteroatoms. The fourth-order valence-electron chi connectivity index (χ4n) is 4.97. The van der Waals surface area contributed by atoms with Crippen LogP contribution in [0.4, 0.5) is 17.3 Å². The molecule has 1 aliphatic carbocycles. The number of hydrogen-bond donors (Lipinski definition) is 2. The highest BCUT2D eigenvalue weighted by molar-refractivity contribution is 8.00. The molecule has 1 aromatic heterocycles. The van der Waals surface area contributed by atoms with E-state index in [9.17, 15) is 19.2 Å². The Kier molecular flexibility index (Phi) is 6.72. The summed E-state index contributed by atoms with van der Waals surface area (Å²) in [6.45, 7) is -0.412. The number of nitrogens with two attached hydrogens (primary N) is 2. The van der Waals surface area contributed by atoms with E-state index in [-0.39, 0.29) is 34.6 Å². The van der Waals surface area contributed by atoms with Crippen LogP contribution in [0.1, 0.15) is 38.3 Å². The van der Waals surface area contributed by atoms with Gasteiger partial charge in [0.1, 0.15) is 16.9 Å². The molecular weight excluding hydrogens is 542 g/mol. The van der Waals surface area contributed by atoms with E-state index in [4.69, 9.17) is 16.2 Å². The monoisotopic (exact) mass is 565 g/mol. The summed E-state index contributed by atoms with van der Waals surface area (Å²) in [5.41, 5.74) is 16.9. The van der Waals surface area contributed by atoms with Gasteiger partial charge in [-0.1, -0.05) is 48.2 Å². The molecule has 2 heterocycles. The highest BCUT2D eigenvalue weighted by atomic mass is 32.2. The number of fused-ring (bicyclic) bond motifs is 3. The van der Waals surface area contributed by atoms with Gasteiger partial charge in [0, 0.05) is 18.1 Å². The lowest BCUT2D eigenvalue weighted by molar-refractivity contribution is -0.121. The van der Waals surface area contributed by atoms with Gasteiger partial charge in [-0.25, -0.2) is 19.7 Å². The molecule has 204 valence electrons. The molecule has 1 aliphatic heterocycles. The lowest BCUT2D eigenvalue weighted by Gasteiger charge is -2.15. The molecule has 1 unspecified atom stereocenters. The van der Waals surface area contributed by atoms with Crippen molar-refractivity contribution in [2.24, 2.45) is 0 Å². The van der Waals surface area contributed by atoms with E-state index in [2.05, 4.69) is 22.1 Å². The Hall–Kier alpha value is -5.03. The molecule has 0 radical (unpaired) electrons. The second-order valence-electron chi connectivity index (χ2n) is 9.63. The van der Waals surface area contributed by atoms with Gasteiger partial charge >= 0.3 is 5.97 Å². The number of ketones is 1. The lowest BCUT2D eigenvalue weighted by atomic mass is 10.0. The number of benzene rings is 3. The van der Waals surface area contributed by atoms with Crippen molar-refractivity contribution in [1.82, 2.24) is 9.97 Å². The summed E-state index contributed by atoms with van der Waals surface area (Å²) < 4.78 is 5.26. The van der Waals surface area contributed by atoms with Crippen LogP contribution in [0.25, 0.3) is 11.1 Å². The first kappa shape index (κ1) is 26.2. The molecule has 0 bridgehead atoms. The molecule has 1 atom stereocenters. The first-order valence-electron chi connectivity index (χ1n) is 12.7. The van der Waals surface area contributed by atoms with Gasteiger partial charge in [-0.3, -0.25) is 14.4 Å². The van der Waals surface area contributed by atoms with Crippen molar-refractivity contribution in [2.45, 2.75) is 23.2 Å². The third-order valence-electron chi connectivity index (χ3n) is 6.91. The maximum absolute atomic E-state index is 13.0. The molecule has 3 aromatic carbocycles. The van der Waals surface area contributed by atoms with Gasteiger partial charge in [-0.15, -0.1) is 0 Å². The third-order valence-corrected chi connectivity index (χ3v) is 7.96. The predicted molar refractivity (Wildman–Crippen MR) is 153 cm³/mol. The van der Waals surface area contributed by atoms with Crippen molar-refractivity contribution < 1.29 is 23.9 Å². The lowest BCUT2D eigenvalue weighted by Crippen LogP contribution is -2.31. The summed E-state index contributed by atoms with van der Waals surface area (Å²) in [5, 5.41) is -0.541. The largest absolute Gasteiger partial charge is 0.454 e. The molecule has 6 rings (SSSR count). The van der Waals surface area contributed by atoms with Crippen LogP contribution in [0, 0.1) is 0 Å². The quantitative estimate of drug-likeness (QED) is 0.129. The Labute approximate surface area is 238 Å². The minimum Gasteiger partial charge on any atom is -0.454 e. The molecule has 0 saturated carbocycles. The van der Waals surface area contributed by atoms with E-state index in [0.29, 0.717) is 11.3 Å². The topological polar surface area (TPSA) is 159 Å². The molecule has 0 spiro atoms. The second-order valence-corrected chi connectivity index (χ2v) is 10.8.